The van der Waals surface area contributed by atoms with Gasteiger partial charge in [-0.05, 0) is 29.5 Å². The van der Waals surface area contributed by atoms with Crippen LogP contribution in [-0.2, 0) is 10.3 Å². The number of rotatable bonds is 5. The van der Waals surface area contributed by atoms with Crippen molar-refractivity contribution >= 4 is 19.4 Å². The smallest absolute Gasteiger partial charge is 0.328 e. The first-order chi connectivity index (χ1) is 11.3. The van der Waals surface area contributed by atoms with E-state index in [0.29, 0.717) is 12.0 Å². The molecule has 7 heteroatoms. The van der Waals surface area contributed by atoms with Gasteiger partial charge in [0.1, 0.15) is 13.6 Å². The second kappa shape index (κ2) is 6.38. The molecule has 2 aromatic rings. The Morgan fingerprint density at radius 2 is 1.76 bits per heavy atom. The predicted octanol–water partition coefficient (Wildman–Crippen LogP) is 2.49. The van der Waals surface area contributed by atoms with Crippen molar-refractivity contribution in [2.75, 3.05) is 0 Å². The van der Waals surface area contributed by atoms with Crippen molar-refractivity contribution in [2.24, 2.45) is 11.1 Å². The summed E-state index contributed by atoms with van der Waals surface area (Å²) >= 11 is 0. The van der Waals surface area contributed by atoms with Crippen molar-refractivity contribution in [3.8, 4) is 5.69 Å². The fourth-order valence-corrected chi connectivity index (χ4v) is 3.64. The molecule has 25 heavy (non-hydrogen) atoms. The monoisotopic (exact) mass is 360 g/mol. The molecule has 1 aromatic carbocycles. The van der Waals surface area contributed by atoms with E-state index in [0.717, 1.165) is 11.0 Å². The highest BCUT2D eigenvalue weighted by molar-refractivity contribution is 6.88. The highest BCUT2D eigenvalue weighted by Crippen LogP contribution is 2.33. The largest absolute Gasteiger partial charge is 0.480 e. The average molecular weight is 361 g/mol. The number of hydrogen-bond acceptors (Lipinski definition) is 4. The molecule has 6 nitrogen and oxygen atoms in total. The zero-order valence-corrected chi connectivity index (χ0v) is 16.9. The van der Waals surface area contributed by atoms with Gasteiger partial charge in [0.2, 0.25) is 0 Å². The summed E-state index contributed by atoms with van der Waals surface area (Å²) in [5.74, 6) is -1.02. The number of carboxylic acid groups (broad SMARTS) is 1. The lowest BCUT2D eigenvalue weighted by Gasteiger charge is -2.32. The Bertz CT molecular complexity index is 757. The van der Waals surface area contributed by atoms with Gasteiger partial charge in [0.15, 0.2) is 0 Å². The SMILES string of the molecule is CC(C)(C)C[C@](N)(C(=O)O)c1ccc(-n2cc([Si](C)(C)C)nn2)cc1. The molecule has 0 saturated carbocycles. The number of aliphatic carboxylic acids is 1. The van der Waals surface area contributed by atoms with Gasteiger partial charge in [0.05, 0.1) is 11.0 Å². The first-order valence-corrected chi connectivity index (χ1v) is 11.9. The van der Waals surface area contributed by atoms with E-state index in [9.17, 15) is 9.90 Å². The van der Waals surface area contributed by atoms with Crippen LogP contribution in [-0.4, -0.2) is 34.1 Å². The minimum Gasteiger partial charge on any atom is -0.480 e. The second-order valence-electron chi connectivity index (χ2n) is 8.86. The Balaban J connectivity index is 2.35. The van der Waals surface area contributed by atoms with Crippen LogP contribution >= 0.6 is 0 Å². The molecule has 0 aliphatic rings. The summed E-state index contributed by atoms with van der Waals surface area (Å²) in [4.78, 5) is 11.8. The third-order valence-corrected chi connectivity index (χ3v) is 5.87. The van der Waals surface area contributed by atoms with E-state index in [-0.39, 0.29) is 5.41 Å². The zero-order valence-electron chi connectivity index (χ0n) is 15.9. The molecule has 1 aromatic heterocycles. The Morgan fingerprint density at radius 3 is 2.16 bits per heavy atom. The highest BCUT2D eigenvalue weighted by atomic mass is 28.3. The summed E-state index contributed by atoms with van der Waals surface area (Å²) < 4.78 is 1.72. The molecule has 2 rings (SSSR count). The maximum Gasteiger partial charge on any atom is 0.328 e. The summed E-state index contributed by atoms with van der Waals surface area (Å²) in [6.45, 7) is 12.6. The zero-order chi connectivity index (χ0) is 19.0. The Kier molecular flexibility index (Phi) is 4.94. The first-order valence-electron chi connectivity index (χ1n) is 8.39. The molecule has 0 unspecified atom stereocenters. The number of aromatic nitrogens is 3. The van der Waals surface area contributed by atoms with Crippen molar-refractivity contribution in [3.05, 3.63) is 36.0 Å². The predicted molar refractivity (Wildman–Crippen MR) is 102 cm³/mol. The Morgan fingerprint density at radius 1 is 1.20 bits per heavy atom. The number of carbonyl (C=O) groups is 1. The van der Waals surface area contributed by atoms with E-state index < -0.39 is 19.6 Å². The van der Waals surface area contributed by atoms with Crippen molar-refractivity contribution in [1.82, 2.24) is 15.0 Å². The van der Waals surface area contributed by atoms with Crippen LogP contribution in [0.15, 0.2) is 30.5 Å². The lowest BCUT2D eigenvalue weighted by molar-refractivity contribution is -0.145. The number of hydrogen-bond donors (Lipinski definition) is 2. The van der Waals surface area contributed by atoms with Gasteiger partial charge >= 0.3 is 5.97 Å². The number of nitrogens with two attached hydrogens (primary N) is 1. The van der Waals surface area contributed by atoms with E-state index in [1.54, 1.807) is 16.8 Å². The summed E-state index contributed by atoms with van der Waals surface area (Å²) in [7, 11) is -1.52. The molecule has 0 bridgehead atoms. The lowest BCUT2D eigenvalue weighted by atomic mass is 9.76. The molecule has 0 amide bonds. The van der Waals surface area contributed by atoms with Crippen LogP contribution < -0.4 is 11.1 Å². The number of carboxylic acids is 1. The molecule has 0 spiro atoms. The van der Waals surface area contributed by atoms with Crippen LogP contribution in [0.25, 0.3) is 5.69 Å². The van der Waals surface area contributed by atoms with Crippen molar-refractivity contribution < 1.29 is 9.90 Å². The minimum absolute atomic E-state index is 0.204. The van der Waals surface area contributed by atoms with E-state index in [2.05, 4.69) is 30.0 Å². The lowest BCUT2D eigenvalue weighted by Crippen LogP contribution is -2.47. The van der Waals surface area contributed by atoms with Crippen molar-refractivity contribution in [1.29, 1.82) is 0 Å². The van der Waals surface area contributed by atoms with Crippen LogP contribution in [0, 0.1) is 5.41 Å². The van der Waals surface area contributed by atoms with E-state index >= 15 is 0 Å². The molecular weight excluding hydrogens is 332 g/mol. The van der Waals surface area contributed by atoms with Crippen LogP contribution in [0.2, 0.25) is 19.6 Å². The molecule has 3 N–H and O–H groups in total. The maximum atomic E-state index is 11.8. The molecule has 0 fully saturated rings. The minimum atomic E-state index is -1.52. The molecule has 0 radical (unpaired) electrons. The second-order valence-corrected chi connectivity index (χ2v) is 13.9. The van der Waals surface area contributed by atoms with Crippen LogP contribution in [0.4, 0.5) is 0 Å². The highest BCUT2D eigenvalue weighted by Gasteiger charge is 2.39. The van der Waals surface area contributed by atoms with Gasteiger partial charge in [-0.1, -0.05) is 57.8 Å². The first kappa shape index (κ1) is 19.3. The molecule has 0 aliphatic carbocycles. The summed E-state index contributed by atoms with van der Waals surface area (Å²) in [6.07, 6.45) is 2.29. The molecular formula is C18H28N4O2Si. The van der Waals surface area contributed by atoms with Gasteiger partial charge in [-0.3, -0.25) is 0 Å². The van der Waals surface area contributed by atoms with Gasteiger partial charge < -0.3 is 10.8 Å². The van der Waals surface area contributed by atoms with E-state index in [4.69, 9.17) is 5.73 Å². The van der Waals surface area contributed by atoms with Gasteiger partial charge in [0, 0.05) is 6.20 Å². The third kappa shape index (κ3) is 4.35. The van der Waals surface area contributed by atoms with Gasteiger partial charge in [0.25, 0.3) is 0 Å². The van der Waals surface area contributed by atoms with Crippen LogP contribution in [0.3, 0.4) is 0 Å². The fraction of sp³-hybridized carbons (Fsp3) is 0.500. The quantitative estimate of drug-likeness (QED) is 0.799. The van der Waals surface area contributed by atoms with Gasteiger partial charge in [-0.25, -0.2) is 9.48 Å². The number of nitrogens with zero attached hydrogens (tertiary/aromatic N) is 3. The van der Waals surface area contributed by atoms with Crippen molar-refractivity contribution in [2.45, 2.75) is 52.4 Å². The topological polar surface area (TPSA) is 94.0 Å². The maximum absolute atomic E-state index is 11.8. The molecule has 0 aliphatic heterocycles. The number of benzene rings is 1. The van der Waals surface area contributed by atoms with Gasteiger partial charge in [-0.2, -0.15) is 0 Å². The van der Waals surface area contributed by atoms with Crippen LogP contribution in [0.5, 0.6) is 0 Å². The average Bonchev–Trinajstić information content (AvgIpc) is 2.95. The van der Waals surface area contributed by atoms with E-state index in [1.807, 2.05) is 39.1 Å². The van der Waals surface area contributed by atoms with Crippen molar-refractivity contribution in [3.63, 3.8) is 0 Å². The molecule has 1 heterocycles. The summed E-state index contributed by atoms with van der Waals surface area (Å²) in [5.41, 5.74) is 6.08. The molecule has 1 atom stereocenters. The van der Waals surface area contributed by atoms with E-state index in [1.165, 1.54) is 0 Å². The Labute approximate surface area is 150 Å². The third-order valence-electron chi connectivity index (χ3n) is 4.10. The molecule has 136 valence electrons. The fourth-order valence-electron chi connectivity index (χ4n) is 2.78. The van der Waals surface area contributed by atoms with Gasteiger partial charge in [-0.15, -0.1) is 5.10 Å². The molecule has 0 saturated heterocycles. The Hall–Kier alpha value is -1.99. The summed E-state index contributed by atoms with van der Waals surface area (Å²) in [6, 6.07) is 7.21. The standard InChI is InChI=1S/C18H28N4O2Si/c1-17(2,3)12-18(19,16(23)24)13-7-9-14(10-8-13)22-11-15(20-21-22)25(4,5)6/h7-11H,12,19H2,1-6H3,(H,23,24)/t18-/m1/s1. The summed E-state index contributed by atoms with van der Waals surface area (Å²) in [5, 5.41) is 19.2. The van der Waals surface area contributed by atoms with Crippen LogP contribution in [0.1, 0.15) is 32.8 Å². The normalized spacial score (nSPS) is 15.0.